The van der Waals surface area contributed by atoms with Gasteiger partial charge in [0.2, 0.25) is 11.9 Å². The van der Waals surface area contributed by atoms with E-state index >= 15 is 0 Å². The number of carbonyl (C=O) groups excluding carboxylic acids is 1. The van der Waals surface area contributed by atoms with Crippen LogP contribution in [0.1, 0.15) is 24.2 Å². The number of hydrogen-bond acceptors (Lipinski definition) is 5. The Hall–Kier alpha value is -2.34. The number of halogens is 1. The van der Waals surface area contributed by atoms with Crippen molar-refractivity contribution in [3.63, 3.8) is 0 Å². The van der Waals surface area contributed by atoms with E-state index in [9.17, 15) is 9.90 Å². The second-order valence-electron chi connectivity index (χ2n) is 5.21. The van der Waals surface area contributed by atoms with Crippen LogP contribution in [-0.4, -0.2) is 27.5 Å². The zero-order chi connectivity index (χ0) is 16.8. The van der Waals surface area contributed by atoms with E-state index in [1.807, 2.05) is 19.9 Å². The molecular formula is C16H19ClN4O2. The summed E-state index contributed by atoms with van der Waals surface area (Å²) in [7, 11) is 0. The van der Waals surface area contributed by atoms with Crippen LogP contribution in [0.15, 0.2) is 24.3 Å². The number of aromatic hydroxyl groups is 1. The van der Waals surface area contributed by atoms with Gasteiger partial charge in [-0.2, -0.15) is 0 Å². The largest absolute Gasteiger partial charge is 0.506 e. The molecule has 3 N–H and O–H groups in total. The van der Waals surface area contributed by atoms with E-state index in [1.165, 1.54) is 12.1 Å². The van der Waals surface area contributed by atoms with Crippen molar-refractivity contribution in [3.8, 4) is 5.75 Å². The molecular weight excluding hydrogens is 316 g/mol. The highest BCUT2D eigenvalue weighted by Gasteiger charge is 2.07. The van der Waals surface area contributed by atoms with E-state index in [0.717, 1.165) is 11.4 Å². The molecule has 0 saturated carbocycles. The summed E-state index contributed by atoms with van der Waals surface area (Å²) in [6.07, 6.45) is 0.924. The van der Waals surface area contributed by atoms with Crippen molar-refractivity contribution in [1.82, 2.24) is 9.97 Å². The first-order chi connectivity index (χ1) is 10.9. The van der Waals surface area contributed by atoms with Crippen LogP contribution in [0.3, 0.4) is 0 Å². The molecule has 0 bridgehead atoms. The Bertz CT molecular complexity index is 686. The fraction of sp³-hybridized carbons (Fsp3) is 0.312. The highest BCUT2D eigenvalue weighted by atomic mass is 35.5. The fourth-order valence-electron chi connectivity index (χ4n) is 2.08. The molecule has 2 rings (SSSR count). The van der Waals surface area contributed by atoms with Crippen molar-refractivity contribution in [2.24, 2.45) is 0 Å². The Labute approximate surface area is 139 Å². The number of carbonyl (C=O) groups is 1. The maximum Gasteiger partial charge on any atom is 0.224 e. The van der Waals surface area contributed by atoms with Gasteiger partial charge >= 0.3 is 0 Å². The summed E-state index contributed by atoms with van der Waals surface area (Å²) in [5, 5.41) is 15.8. The normalized spacial score (nSPS) is 10.4. The Balaban J connectivity index is 1.77. The summed E-state index contributed by atoms with van der Waals surface area (Å²) >= 11 is 5.83. The minimum absolute atomic E-state index is 0.00971. The third kappa shape index (κ3) is 5.41. The van der Waals surface area contributed by atoms with Gasteiger partial charge in [0, 0.05) is 29.4 Å². The van der Waals surface area contributed by atoms with Gasteiger partial charge in [-0.05, 0) is 44.5 Å². The van der Waals surface area contributed by atoms with Crippen molar-refractivity contribution in [3.05, 3.63) is 40.7 Å². The first-order valence-corrected chi connectivity index (χ1v) is 7.66. The second-order valence-corrected chi connectivity index (χ2v) is 5.65. The van der Waals surface area contributed by atoms with Crippen LogP contribution >= 0.6 is 11.6 Å². The molecule has 23 heavy (non-hydrogen) atoms. The van der Waals surface area contributed by atoms with Crippen LogP contribution < -0.4 is 10.6 Å². The highest BCUT2D eigenvalue weighted by molar-refractivity contribution is 6.31. The minimum Gasteiger partial charge on any atom is -0.506 e. The Morgan fingerprint density at radius 1 is 1.22 bits per heavy atom. The van der Waals surface area contributed by atoms with Crippen LogP contribution in [0.25, 0.3) is 0 Å². The lowest BCUT2D eigenvalue weighted by Crippen LogP contribution is -2.14. The predicted molar refractivity (Wildman–Crippen MR) is 91.0 cm³/mol. The molecule has 0 saturated heterocycles. The molecule has 0 fully saturated rings. The third-order valence-electron chi connectivity index (χ3n) is 3.08. The Morgan fingerprint density at radius 2 is 1.91 bits per heavy atom. The smallest absolute Gasteiger partial charge is 0.224 e. The van der Waals surface area contributed by atoms with Gasteiger partial charge in [0.25, 0.3) is 0 Å². The van der Waals surface area contributed by atoms with Gasteiger partial charge in [0.15, 0.2) is 0 Å². The number of amides is 1. The average Bonchev–Trinajstić information content (AvgIpc) is 2.46. The van der Waals surface area contributed by atoms with Gasteiger partial charge in [-0.3, -0.25) is 4.79 Å². The van der Waals surface area contributed by atoms with Gasteiger partial charge < -0.3 is 15.7 Å². The van der Waals surface area contributed by atoms with Gasteiger partial charge in [0.1, 0.15) is 5.75 Å². The molecule has 1 heterocycles. The molecule has 2 aromatic rings. The van der Waals surface area contributed by atoms with Crippen LogP contribution in [0.5, 0.6) is 5.75 Å². The second kappa shape index (κ2) is 7.78. The summed E-state index contributed by atoms with van der Waals surface area (Å²) in [5.74, 6) is 0.366. The van der Waals surface area contributed by atoms with Crippen LogP contribution in [0.4, 0.5) is 11.6 Å². The lowest BCUT2D eigenvalue weighted by atomic mass is 10.2. The van der Waals surface area contributed by atoms with E-state index in [0.29, 0.717) is 36.0 Å². The first kappa shape index (κ1) is 17.0. The monoisotopic (exact) mass is 334 g/mol. The number of hydrogen-bond donors (Lipinski definition) is 3. The molecule has 0 atom stereocenters. The number of phenolic OH excluding ortho intramolecular Hbond substituents is 1. The number of aryl methyl sites for hydroxylation is 2. The molecule has 7 heteroatoms. The molecule has 0 spiro atoms. The average molecular weight is 335 g/mol. The quantitative estimate of drug-likeness (QED) is 0.557. The molecule has 1 aromatic heterocycles. The van der Waals surface area contributed by atoms with Gasteiger partial charge in [-0.15, -0.1) is 0 Å². The third-order valence-corrected chi connectivity index (χ3v) is 3.31. The van der Waals surface area contributed by atoms with Gasteiger partial charge in [-0.25, -0.2) is 9.97 Å². The molecule has 6 nitrogen and oxygen atoms in total. The van der Waals surface area contributed by atoms with Gasteiger partial charge in [0.05, 0.1) is 5.69 Å². The molecule has 0 unspecified atom stereocenters. The van der Waals surface area contributed by atoms with Crippen molar-refractivity contribution < 1.29 is 9.90 Å². The van der Waals surface area contributed by atoms with E-state index in [1.54, 1.807) is 6.07 Å². The minimum atomic E-state index is -0.189. The maximum absolute atomic E-state index is 11.9. The summed E-state index contributed by atoms with van der Waals surface area (Å²) in [6.45, 7) is 4.40. The van der Waals surface area contributed by atoms with E-state index in [-0.39, 0.29) is 11.7 Å². The predicted octanol–water partition coefficient (Wildman–Crippen LogP) is 3.28. The molecule has 1 aromatic carbocycles. The number of nitrogens with zero attached hydrogens (tertiary/aromatic N) is 2. The Morgan fingerprint density at radius 3 is 2.61 bits per heavy atom. The highest BCUT2D eigenvalue weighted by Crippen LogP contribution is 2.26. The van der Waals surface area contributed by atoms with Crippen molar-refractivity contribution in [1.29, 1.82) is 0 Å². The molecule has 0 aliphatic carbocycles. The molecule has 0 aliphatic heterocycles. The summed E-state index contributed by atoms with van der Waals surface area (Å²) in [5.41, 5.74) is 2.11. The molecule has 0 radical (unpaired) electrons. The lowest BCUT2D eigenvalue weighted by molar-refractivity contribution is -0.116. The Kier molecular flexibility index (Phi) is 5.76. The molecule has 122 valence electrons. The van der Waals surface area contributed by atoms with Crippen molar-refractivity contribution in [2.75, 3.05) is 17.2 Å². The SMILES string of the molecule is Cc1cc(C)nc(NCCCC(=O)Nc2cc(Cl)ccc2O)n1. The van der Waals surface area contributed by atoms with Crippen LogP contribution in [0, 0.1) is 13.8 Å². The zero-order valence-corrected chi connectivity index (χ0v) is 13.8. The standard InChI is InChI=1S/C16H19ClN4O2/c1-10-8-11(2)20-16(19-10)18-7-3-4-15(23)21-13-9-12(17)5-6-14(13)22/h5-6,8-9,22H,3-4,7H2,1-2H3,(H,21,23)(H,18,19,20). The fourth-order valence-corrected chi connectivity index (χ4v) is 2.25. The van der Waals surface area contributed by atoms with E-state index < -0.39 is 0 Å². The zero-order valence-electron chi connectivity index (χ0n) is 13.1. The summed E-state index contributed by atoms with van der Waals surface area (Å²) in [6, 6.07) is 6.41. The summed E-state index contributed by atoms with van der Waals surface area (Å²) in [4.78, 5) is 20.4. The lowest BCUT2D eigenvalue weighted by Gasteiger charge is -2.09. The number of aromatic nitrogens is 2. The van der Waals surface area contributed by atoms with Crippen LogP contribution in [0.2, 0.25) is 5.02 Å². The number of benzene rings is 1. The van der Waals surface area contributed by atoms with Crippen molar-refractivity contribution in [2.45, 2.75) is 26.7 Å². The molecule has 0 aliphatic rings. The summed E-state index contributed by atoms with van der Waals surface area (Å²) < 4.78 is 0. The maximum atomic E-state index is 11.9. The first-order valence-electron chi connectivity index (χ1n) is 7.28. The van der Waals surface area contributed by atoms with Crippen molar-refractivity contribution >= 4 is 29.1 Å². The van der Waals surface area contributed by atoms with Crippen LogP contribution in [-0.2, 0) is 4.79 Å². The number of rotatable bonds is 6. The van der Waals surface area contributed by atoms with E-state index in [2.05, 4.69) is 20.6 Å². The van der Waals surface area contributed by atoms with E-state index in [4.69, 9.17) is 11.6 Å². The number of phenols is 1. The van der Waals surface area contributed by atoms with Gasteiger partial charge in [-0.1, -0.05) is 11.6 Å². The number of anilines is 2. The number of nitrogens with one attached hydrogen (secondary N) is 2. The molecule has 1 amide bonds. The topological polar surface area (TPSA) is 87.1 Å².